The zero-order valence-corrected chi connectivity index (χ0v) is 14.4. The first kappa shape index (κ1) is 16.2. The van der Waals surface area contributed by atoms with Crippen LogP contribution in [-0.4, -0.2) is 61.5 Å². The van der Waals surface area contributed by atoms with Crippen molar-refractivity contribution in [3.8, 4) is 0 Å². The Morgan fingerprint density at radius 2 is 2.00 bits per heavy atom. The van der Waals surface area contributed by atoms with Gasteiger partial charge in [-0.1, -0.05) is 0 Å². The summed E-state index contributed by atoms with van der Waals surface area (Å²) >= 11 is 0. The first-order chi connectivity index (χ1) is 12.6. The van der Waals surface area contributed by atoms with Crippen molar-refractivity contribution in [2.45, 2.75) is 6.42 Å². The number of carbonyl (C=O) groups is 1. The molecule has 1 fully saturated rings. The van der Waals surface area contributed by atoms with Gasteiger partial charge in [-0.2, -0.15) is 0 Å². The smallest absolute Gasteiger partial charge is 0.255 e. The standard InChI is InChI=1S/C17H19N7O2/c1-22-9-12(3-4-13(22)25)17(26)24-6-2-5-23(7-8-24)16-14-15(19-10-18-14)20-11-21-16/h3-4,9-11H,2,5-8H2,1H3,(H,18,19,20,21). The van der Waals surface area contributed by atoms with Crippen LogP contribution in [0.5, 0.6) is 0 Å². The van der Waals surface area contributed by atoms with Gasteiger partial charge in [-0.3, -0.25) is 9.59 Å². The second-order valence-electron chi connectivity index (χ2n) is 6.30. The van der Waals surface area contributed by atoms with Crippen LogP contribution >= 0.6 is 0 Å². The van der Waals surface area contributed by atoms with Crippen molar-refractivity contribution in [1.29, 1.82) is 0 Å². The van der Waals surface area contributed by atoms with Gasteiger partial charge in [0.2, 0.25) is 5.56 Å². The molecular formula is C17H19N7O2. The molecule has 0 aromatic carbocycles. The van der Waals surface area contributed by atoms with Gasteiger partial charge in [0.1, 0.15) is 11.8 Å². The average Bonchev–Trinajstić information content (AvgIpc) is 3.00. The van der Waals surface area contributed by atoms with Gasteiger partial charge in [-0.25, -0.2) is 15.0 Å². The number of aromatic nitrogens is 5. The number of fused-ring (bicyclic) bond motifs is 1. The van der Waals surface area contributed by atoms with Crippen molar-refractivity contribution in [3.63, 3.8) is 0 Å². The SMILES string of the molecule is Cn1cc(C(=O)N2CCCN(c3ncnc4nc[nH]c34)CC2)ccc1=O. The molecule has 9 heteroatoms. The number of amides is 1. The average molecular weight is 353 g/mol. The number of aromatic amines is 1. The fourth-order valence-corrected chi connectivity index (χ4v) is 3.23. The fourth-order valence-electron chi connectivity index (χ4n) is 3.23. The van der Waals surface area contributed by atoms with E-state index in [2.05, 4.69) is 24.8 Å². The van der Waals surface area contributed by atoms with E-state index in [0.29, 0.717) is 30.8 Å². The van der Waals surface area contributed by atoms with E-state index in [-0.39, 0.29) is 11.5 Å². The van der Waals surface area contributed by atoms with E-state index in [4.69, 9.17) is 0 Å². The van der Waals surface area contributed by atoms with Gasteiger partial charge in [0.15, 0.2) is 11.5 Å². The molecule has 1 aliphatic heterocycles. The molecule has 0 unspecified atom stereocenters. The van der Waals surface area contributed by atoms with Crippen LogP contribution in [-0.2, 0) is 7.05 Å². The van der Waals surface area contributed by atoms with Crippen molar-refractivity contribution in [3.05, 3.63) is 46.9 Å². The highest BCUT2D eigenvalue weighted by Gasteiger charge is 2.22. The summed E-state index contributed by atoms with van der Waals surface area (Å²) < 4.78 is 1.42. The summed E-state index contributed by atoms with van der Waals surface area (Å²) in [7, 11) is 1.65. The molecule has 134 valence electrons. The largest absolute Gasteiger partial charge is 0.353 e. The monoisotopic (exact) mass is 353 g/mol. The molecule has 0 spiro atoms. The maximum atomic E-state index is 12.8. The van der Waals surface area contributed by atoms with Crippen LogP contribution in [0.3, 0.4) is 0 Å². The number of imidazole rings is 1. The van der Waals surface area contributed by atoms with Crippen LogP contribution < -0.4 is 10.5 Å². The number of pyridine rings is 1. The Kier molecular flexibility index (Phi) is 4.11. The number of nitrogens with one attached hydrogen (secondary N) is 1. The molecule has 0 atom stereocenters. The van der Waals surface area contributed by atoms with Crippen molar-refractivity contribution < 1.29 is 4.79 Å². The first-order valence-electron chi connectivity index (χ1n) is 8.48. The summed E-state index contributed by atoms with van der Waals surface area (Å²) in [5.41, 5.74) is 1.84. The summed E-state index contributed by atoms with van der Waals surface area (Å²) in [5.74, 6) is 0.751. The van der Waals surface area contributed by atoms with Crippen molar-refractivity contribution >= 4 is 22.9 Å². The topological polar surface area (TPSA) is 100 Å². The van der Waals surface area contributed by atoms with Gasteiger partial charge in [-0.05, 0) is 12.5 Å². The molecule has 0 aliphatic carbocycles. The molecule has 0 saturated carbocycles. The van der Waals surface area contributed by atoms with Crippen LogP contribution in [0.4, 0.5) is 5.82 Å². The lowest BCUT2D eigenvalue weighted by Gasteiger charge is -2.23. The van der Waals surface area contributed by atoms with E-state index in [1.165, 1.54) is 17.0 Å². The Labute approximate surface area is 149 Å². The summed E-state index contributed by atoms with van der Waals surface area (Å²) in [6, 6.07) is 3.01. The lowest BCUT2D eigenvalue weighted by atomic mass is 10.2. The fraction of sp³-hybridized carbons (Fsp3) is 0.353. The second kappa shape index (κ2) is 6.58. The van der Waals surface area contributed by atoms with E-state index in [1.807, 2.05) is 4.90 Å². The normalized spacial score (nSPS) is 15.3. The van der Waals surface area contributed by atoms with Crippen molar-refractivity contribution in [2.24, 2.45) is 7.05 Å². The highest BCUT2D eigenvalue weighted by atomic mass is 16.2. The molecule has 9 nitrogen and oxygen atoms in total. The third-order valence-corrected chi connectivity index (χ3v) is 4.62. The minimum atomic E-state index is -0.129. The molecule has 3 aromatic rings. The van der Waals surface area contributed by atoms with Gasteiger partial charge >= 0.3 is 0 Å². The van der Waals surface area contributed by atoms with Crippen LogP contribution in [0.1, 0.15) is 16.8 Å². The van der Waals surface area contributed by atoms with Crippen LogP contribution in [0.2, 0.25) is 0 Å². The number of hydrogen-bond donors (Lipinski definition) is 1. The van der Waals surface area contributed by atoms with Crippen molar-refractivity contribution in [2.75, 3.05) is 31.1 Å². The Bertz CT molecular complexity index is 1010. The molecule has 1 aliphatic rings. The number of hydrogen-bond acceptors (Lipinski definition) is 6. The number of aryl methyl sites for hydroxylation is 1. The minimum absolute atomic E-state index is 0.0585. The number of nitrogens with zero attached hydrogens (tertiary/aromatic N) is 6. The predicted molar refractivity (Wildman–Crippen MR) is 96.1 cm³/mol. The first-order valence-corrected chi connectivity index (χ1v) is 8.48. The number of carbonyl (C=O) groups excluding carboxylic acids is 1. The highest BCUT2D eigenvalue weighted by molar-refractivity contribution is 5.94. The Balaban J connectivity index is 1.53. The van der Waals surface area contributed by atoms with Gasteiger partial charge < -0.3 is 19.4 Å². The lowest BCUT2D eigenvalue weighted by molar-refractivity contribution is 0.0766. The molecule has 1 saturated heterocycles. The van der Waals surface area contributed by atoms with E-state index in [0.717, 1.165) is 24.3 Å². The predicted octanol–water partition coefficient (Wildman–Crippen LogP) is 0.404. The maximum absolute atomic E-state index is 12.8. The third kappa shape index (κ3) is 2.92. The Hall–Kier alpha value is -3.23. The van der Waals surface area contributed by atoms with Gasteiger partial charge in [-0.15, -0.1) is 0 Å². The summed E-state index contributed by atoms with van der Waals surface area (Å²) in [4.78, 5) is 44.1. The van der Waals surface area contributed by atoms with E-state index >= 15 is 0 Å². The molecule has 4 rings (SSSR count). The lowest BCUT2D eigenvalue weighted by Crippen LogP contribution is -2.36. The number of rotatable bonds is 2. The van der Waals surface area contributed by atoms with Gasteiger partial charge in [0.25, 0.3) is 5.91 Å². The molecule has 1 N–H and O–H groups in total. The quantitative estimate of drug-likeness (QED) is 0.716. The maximum Gasteiger partial charge on any atom is 0.255 e. The highest BCUT2D eigenvalue weighted by Crippen LogP contribution is 2.21. The van der Waals surface area contributed by atoms with Gasteiger partial charge in [0.05, 0.1) is 11.9 Å². The van der Waals surface area contributed by atoms with E-state index < -0.39 is 0 Å². The Morgan fingerprint density at radius 3 is 2.85 bits per heavy atom. The number of H-pyrrole nitrogens is 1. The molecule has 4 heterocycles. The molecule has 1 amide bonds. The van der Waals surface area contributed by atoms with Crippen LogP contribution in [0.15, 0.2) is 35.8 Å². The molecule has 3 aromatic heterocycles. The van der Waals surface area contributed by atoms with Gasteiger partial charge in [0, 0.05) is 45.5 Å². The summed E-state index contributed by atoms with van der Waals surface area (Å²) in [6.45, 7) is 2.71. The van der Waals surface area contributed by atoms with Crippen LogP contribution in [0.25, 0.3) is 11.2 Å². The zero-order chi connectivity index (χ0) is 18.1. The third-order valence-electron chi connectivity index (χ3n) is 4.62. The van der Waals surface area contributed by atoms with E-state index in [1.54, 1.807) is 25.6 Å². The Morgan fingerprint density at radius 1 is 1.12 bits per heavy atom. The second-order valence-corrected chi connectivity index (χ2v) is 6.30. The molecule has 0 bridgehead atoms. The zero-order valence-electron chi connectivity index (χ0n) is 14.4. The van der Waals surface area contributed by atoms with Crippen molar-refractivity contribution in [1.82, 2.24) is 29.4 Å². The summed E-state index contributed by atoms with van der Waals surface area (Å²) in [5, 5.41) is 0. The van der Waals surface area contributed by atoms with Crippen LogP contribution in [0, 0.1) is 0 Å². The number of anilines is 1. The van der Waals surface area contributed by atoms with E-state index in [9.17, 15) is 9.59 Å². The minimum Gasteiger partial charge on any atom is -0.353 e. The summed E-state index contributed by atoms with van der Waals surface area (Å²) in [6.07, 6.45) is 5.54. The molecule has 0 radical (unpaired) electrons. The molecular weight excluding hydrogens is 334 g/mol. The molecule has 26 heavy (non-hydrogen) atoms.